The first kappa shape index (κ1) is 16.1. The fourth-order valence-corrected chi connectivity index (χ4v) is 3.54. The topological polar surface area (TPSA) is 72.0 Å². The Morgan fingerprint density at radius 2 is 2.22 bits per heavy atom. The van der Waals surface area contributed by atoms with E-state index in [1.54, 1.807) is 6.20 Å². The standard InChI is InChI=1S/C16H26N6O/c1-13-16(14(2)22(18-13)8-9-23)12-20-6-3-4-15(10-20)11-21-7-5-17-19-21/h5,7,15,23H,3-4,6,8-12H2,1-2H3. The van der Waals surface area contributed by atoms with Crippen LogP contribution in [0.3, 0.4) is 0 Å². The Hall–Kier alpha value is -1.73. The van der Waals surface area contributed by atoms with Crippen LogP contribution in [0.5, 0.6) is 0 Å². The molecule has 23 heavy (non-hydrogen) atoms. The molecule has 0 aromatic carbocycles. The van der Waals surface area contributed by atoms with Crippen molar-refractivity contribution >= 4 is 0 Å². The van der Waals surface area contributed by atoms with Gasteiger partial charge in [0.25, 0.3) is 0 Å². The van der Waals surface area contributed by atoms with E-state index in [0.29, 0.717) is 12.5 Å². The third-order valence-corrected chi connectivity index (χ3v) is 4.75. The van der Waals surface area contributed by atoms with Crippen molar-refractivity contribution in [1.82, 2.24) is 29.7 Å². The van der Waals surface area contributed by atoms with E-state index in [9.17, 15) is 0 Å². The van der Waals surface area contributed by atoms with Gasteiger partial charge in [-0.3, -0.25) is 14.3 Å². The third-order valence-electron chi connectivity index (χ3n) is 4.75. The number of rotatable bonds is 6. The second-order valence-corrected chi connectivity index (χ2v) is 6.46. The second-order valence-electron chi connectivity index (χ2n) is 6.46. The van der Waals surface area contributed by atoms with E-state index in [1.165, 1.54) is 24.1 Å². The van der Waals surface area contributed by atoms with Crippen molar-refractivity contribution in [2.75, 3.05) is 19.7 Å². The molecule has 2 aromatic heterocycles. The number of hydrogen-bond acceptors (Lipinski definition) is 5. The molecule has 7 heteroatoms. The summed E-state index contributed by atoms with van der Waals surface area (Å²) in [5.74, 6) is 0.624. The minimum Gasteiger partial charge on any atom is -0.394 e. The van der Waals surface area contributed by atoms with E-state index in [1.807, 2.05) is 15.6 Å². The number of likely N-dealkylation sites (tertiary alicyclic amines) is 1. The minimum atomic E-state index is 0.130. The van der Waals surface area contributed by atoms with Crippen LogP contribution in [0, 0.1) is 19.8 Å². The molecule has 1 saturated heterocycles. The van der Waals surface area contributed by atoms with Gasteiger partial charge in [0, 0.05) is 37.1 Å². The number of aryl methyl sites for hydroxylation is 1. The molecule has 1 atom stereocenters. The van der Waals surface area contributed by atoms with Gasteiger partial charge in [0.15, 0.2) is 0 Å². The van der Waals surface area contributed by atoms with Gasteiger partial charge in [-0.2, -0.15) is 5.10 Å². The number of aliphatic hydroxyl groups is 1. The maximum atomic E-state index is 9.14. The fraction of sp³-hybridized carbons (Fsp3) is 0.688. The molecule has 0 radical (unpaired) electrons. The van der Waals surface area contributed by atoms with Crippen LogP contribution < -0.4 is 0 Å². The van der Waals surface area contributed by atoms with Crippen LogP contribution in [-0.4, -0.2) is 54.5 Å². The highest BCUT2D eigenvalue weighted by molar-refractivity contribution is 5.24. The molecular formula is C16H26N6O. The van der Waals surface area contributed by atoms with E-state index in [0.717, 1.165) is 31.9 Å². The molecule has 1 N–H and O–H groups in total. The van der Waals surface area contributed by atoms with Gasteiger partial charge >= 0.3 is 0 Å². The largest absolute Gasteiger partial charge is 0.394 e. The number of hydrogen-bond donors (Lipinski definition) is 1. The lowest BCUT2D eigenvalue weighted by atomic mass is 9.97. The molecular weight excluding hydrogens is 292 g/mol. The van der Waals surface area contributed by atoms with Crippen molar-refractivity contribution in [2.45, 2.75) is 46.3 Å². The lowest BCUT2D eigenvalue weighted by Gasteiger charge is -2.32. The molecule has 1 aliphatic rings. The van der Waals surface area contributed by atoms with Crippen LogP contribution in [0.25, 0.3) is 0 Å². The first-order chi connectivity index (χ1) is 11.2. The van der Waals surface area contributed by atoms with Crippen molar-refractivity contribution in [3.63, 3.8) is 0 Å². The second kappa shape index (κ2) is 7.23. The number of aromatic nitrogens is 5. The van der Waals surface area contributed by atoms with Crippen LogP contribution in [0.1, 0.15) is 29.8 Å². The highest BCUT2D eigenvalue weighted by atomic mass is 16.3. The van der Waals surface area contributed by atoms with E-state index < -0.39 is 0 Å². The maximum absolute atomic E-state index is 9.14. The summed E-state index contributed by atoms with van der Waals surface area (Å²) >= 11 is 0. The summed E-state index contributed by atoms with van der Waals surface area (Å²) in [7, 11) is 0. The highest BCUT2D eigenvalue weighted by Crippen LogP contribution is 2.22. The zero-order valence-corrected chi connectivity index (χ0v) is 14.0. The van der Waals surface area contributed by atoms with E-state index in [4.69, 9.17) is 5.11 Å². The van der Waals surface area contributed by atoms with Crippen molar-refractivity contribution < 1.29 is 5.11 Å². The van der Waals surface area contributed by atoms with Gasteiger partial charge in [-0.25, -0.2) is 0 Å². The van der Waals surface area contributed by atoms with Gasteiger partial charge in [0.05, 0.1) is 25.0 Å². The summed E-state index contributed by atoms with van der Waals surface area (Å²) in [6.45, 7) is 8.97. The van der Waals surface area contributed by atoms with Crippen LogP contribution in [-0.2, 0) is 19.6 Å². The lowest BCUT2D eigenvalue weighted by molar-refractivity contribution is 0.152. The van der Waals surface area contributed by atoms with Gasteiger partial charge in [-0.05, 0) is 39.2 Å². The summed E-state index contributed by atoms with van der Waals surface area (Å²) in [5, 5.41) is 21.7. The third kappa shape index (κ3) is 3.79. The Kier molecular flexibility index (Phi) is 5.07. The summed E-state index contributed by atoms with van der Waals surface area (Å²) in [6, 6.07) is 0. The van der Waals surface area contributed by atoms with E-state index in [2.05, 4.69) is 34.2 Å². The molecule has 0 spiro atoms. The molecule has 2 aromatic rings. The molecule has 0 aliphatic carbocycles. The van der Waals surface area contributed by atoms with Crippen LogP contribution in [0.2, 0.25) is 0 Å². The molecule has 1 aliphatic heterocycles. The molecule has 3 rings (SSSR count). The Labute approximate surface area is 136 Å². The van der Waals surface area contributed by atoms with E-state index in [-0.39, 0.29) is 6.61 Å². The maximum Gasteiger partial charge on any atom is 0.0692 e. The lowest BCUT2D eigenvalue weighted by Crippen LogP contribution is -2.37. The normalized spacial score (nSPS) is 19.3. The summed E-state index contributed by atoms with van der Waals surface area (Å²) in [6.07, 6.45) is 6.15. The van der Waals surface area contributed by atoms with E-state index >= 15 is 0 Å². The zero-order chi connectivity index (χ0) is 16.2. The van der Waals surface area contributed by atoms with Gasteiger partial charge in [-0.15, -0.1) is 5.10 Å². The van der Waals surface area contributed by atoms with Crippen LogP contribution >= 0.6 is 0 Å². The van der Waals surface area contributed by atoms with Crippen LogP contribution in [0.4, 0.5) is 0 Å². The first-order valence-corrected chi connectivity index (χ1v) is 8.37. The molecule has 1 fully saturated rings. The minimum absolute atomic E-state index is 0.130. The summed E-state index contributed by atoms with van der Waals surface area (Å²) < 4.78 is 3.85. The summed E-state index contributed by atoms with van der Waals surface area (Å²) in [4.78, 5) is 2.52. The van der Waals surface area contributed by atoms with Crippen molar-refractivity contribution in [3.05, 3.63) is 29.3 Å². The number of nitrogens with zero attached hydrogens (tertiary/aromatic N) is 6. The Balaban J connectivity index is 1.63. The molecule has 0 bridgehead atoms. The van der Waals surface area contributed by atoms with Crippen LogP contribution in [0.15, 0.2) is 12.4 Å². The molecule has 3 heterocycles. The monoisotopic (exact) mass is 318 g/mol. The molecule has 0 amide bonds. The Morgan fingerprint density at radius 3 is 2.96 bits per heavy atom. The number of aliphatic hydroxyl groups excluding tert-OH is 1. The summed E-state index contributed by atoms with van der Waals surface area (Å²) in [5.41, 5.74) is 3.56. The van der Waals surface area contributed by atoms with Gasteiger partial charge < -0.3 is 5.11 Å². The van der Waals surface area contributed by atoms with Crippen molar-refractivity contribution in [3.8, 4) is 0 Å². The quantitative estimate of drug-likeness (QED) is 0.860. The first-order valence-electron chi connectivity index (χ1n) is 8.37. The fourth-order valence-electron chi connectivity index (χ4n) is 3.54. The average Bonchev–Trinajstić information content (AvgIpc) is 3.12. The zero-order valence-electron chi connectivity index (χ0n) is 14.0. The number of piperidine rings is 1. The average molecular weight is 318 g/mol. The predicted octanol–water partition coefficient (Wildman–Crippen LogP) is 0.996. The highest BCUT2D eigenvalue weighted by Gasteiger charge is 2.22. The Morgan fingerprint density at radius 1 is 1.35 bits per heavy atom. The van der Waals surface area contributed by atoms with Gasteiger partial charge in [0.1, 0.15) is 0 Å². The molecule has 1 unspecified atom stereocenters. The van der Waals surface area contributed by atoms with Gasteiger partial charge in [0.2, 0.25) is 0 Å². The van der Waals surface area contributed by atoms with Crippen molar-refractivity contribution in [1.29, 1.82) is 0 Å². The molecule has 7 nitrogen and oxygen atoms in total. The van der Waals surface area contributed by atoms with Crippen molar-refractivity contribution in [2.24, 2.45) is 5.92 Å². The predicted molar refractivity (Wildman–Crippen MR) is 86.8 cm³/mol. The molecule has 126 valence electrons. The van der Waals surface area contributed by atoms with Gasteiger partial charge in [-0.1, -0.05) is 5.21 Å². The smallest absolute Gasteiger partial charge is 0.0692 e. The Bertz CT molecular complexity index is 621. The SMILES string of the molecule is Cc1nn(CCO)c(C)c1CN1CCCC(Cn2ccnn2)C1. The molecule has 0 saturated carbocycles.